The van der Waals surface area contributed by atoms with E-state index in [4.69, 9.17) is 4.74 Å². The highest BCUT2D eigenvalue weighted by Gasteiger charge is 2.28. The predicted octanol–water partition coefficient (Wildman–Crippen LogP) is 3.25. The molecular formula is C17H14F3N3O2. The van der Waals surface area contributed by atoms with E-state index in [1.54, 1.807) is 42.6 Å². The number of aromatic nitrogens is 2. The first kappa shape index (κ1) is 16.8. The molecule has 8 heteroatoms. The average Bonchev–Trinajstić information content (AvgIpc) is 2.58. The van der Waals surface area contributed by atoms with E-state index < -0.39 is 12.8 Å². The molecule has 0 aliphatic carbocycles. The molecule has 3 aromatic rings. The molecule has 3 rings (SSSR count). The van der Waals surface area contributed by atoms with Crippen LogP contribution in [0.25, 0.3) is 5.65 Å². The Balaban J connectivity index is 1.77. The van der Waals surface area contributed by atoms with Crippen molar-refractivity contribution in [2.45, 2.75) is 12.7 Å². The largest absolute Gasteiger partial charge is 0.482 e. The Morgan fingerprint density at radius 2 is 1.88 bits per heavy atom. The summed E-state index contributed by atoms with van der Waals surface area (Å²) in [5, 5.41) is 2.95. The zero-order chi connectivity index (χ0) is 17.9. The first-order valence-electron chi connectivity index (χ1n) is 7.42. The number of pyridine rings is 1. The van der Waals surface area contributed by atoms with E-state index in [0.717, 1.165) is 0 Å². The van der Waals surface area contributed by atoms with E-state index in [1.165, 1.54) is 16.5 Å². The summed E-state index contributed by atoms with van der Waals surface area (Å²) in [6.07, 6.45) is -2.80. The summed E-state index contributed by atoms with van der Waals surface area (Å²) in [6, 6.07) is 12.9. The van der Waals surface area contributed by atoms with Gasteiger partial charge in [-0.2, -0.15) is 13.2 Å². The van der Waals surface area contributed by atoms with Crippen LogP contribution in [0.4, 0.5) is 18.9 Å². The molecule has 5 nitrogen and oxygen atoms in total. The van der Waals surface area contributed by atoms with Crippen molar-refractivity contribution in [3.63, 3.8) is 0 Å². The van der Waals surface area contributed by atoms with Crippen LogP contribution in [0.5, 0.6) is 5.75 Å². The summed E-state index contributed by atoms with van der Waals surface area (Å²) >= 11 is 0. The molecule has 1 aromatic carbocycles. The fourth-order valence-corrected chi connectivity index (χ4v) is 2.28. The Kier molecular flexibility index (Phi) is 4.60. The van der Waals surface area contributed by atoms with Gasteiger partial charge < -0.3 is 10.1 Å². The molecule has 25 heavy (non-hydrogen) atoms. The number of anilines is 1. The molecule has 0 atom stereocenters. The molecule has 0 saturated heterocycles. The van der Waals surface area contributed by atoms with Crippen molar-refractivity contribution < 1.29 is 17.9 Å². The Bertz CT molecular complexity index is 938. The molecular weight excluding hydrogens is 335 g/mol. The predicted molar refractivity (Wildman–Crippen MR) is 86.8 cm³/mol. The summed E-state index contributed by atoms with van der Waals surface area (Å²) in [7, 11) is 0. The molecule has 0 bridgehead atoms. The van der Waals surface area contributed by atoms with E-state index in [1.807, 2.05) is 0 Å². The lowest BCUT2D eigenvalue weighted by molar-refractivity contribution is -0.153. The van der Waals surface area contributed by atoms with Gasteiger partial charge in [-0.3, -0.25) is 9.20 Å². The number of nitrogens with zero attached hydrogens (tertiary/aromatic N) is 2. The van der Waals surface area contributed by atoms with E-state index in [0.29, 0.717) is 17.0 Å². The summed E-state index contributed by atoms with van der Waals surface area (Å²) in [4.78, 5) is 16.4. The molecule has 0 saturated carbocycles. The van der Waals surface area contributed by atoms with Gasteiger partial charge in [0.15, 0.2) is 6.61 Å². The van der Waals surface area contributed by atoms with Gasteiger partial charge in [-0.25, -0.2) is 4.98 Å². The maximum absolute atomic E-state index is 12.3. The third kappa shape index (κ3) is 4.28. The van der Waals surface area contributed by atoms with Gasteiger partial charge in [-0.15, -0.1) is 0 Å². The van der Waals surface area contributed by atoms with Gasteiger partial charge in [0.1, 0.15) is 11.4 Å². The number of para-hydroxylation sites is 2. The topological polar surface area (TPSA) is 55.6 Å². The second kappa shape index (κ2) is 6.84. The highest BCUT2D eigenvalue weighted by molar-refractivity contribution is 5.56. The molecule has 0 spiro atoms. The Morgan fingerprint density at radius 1 is 1.12 bits per heavy atom. The van der Waals surface area contributed by atoms with Crippen LogP contribution < -0.4 is 15.6 Å². The van der Waals surface area contributed by atoms with Gasteiger partial charge in [-0.1, -0.05) is 18.2 Å². The number of nitrogens with one attached hydrogen (secondary N) is 1. The molecule has 0 aliphatic heterocycles. The molecule has 0 radical (unpaired) electrons. The number of hydrogen-bond acceptors (Lipinski definition) is 4. The summed E-state index contributed by atoms with van der Waals surface area (Å²) in [6.45, 7) is -1.20. The third-order valence-electron chi connectivity index (χ3n) is 3.36. The fourth-order valence-electron chi connectivity index (χ4n) is 2.28. The van der Waals surface area contributed by atoms with Crippen LogP contribution in [0.15, 0.2) is 59.5 Å². The number of alkyl halides is 3. The van der Waals surface area contributed by atoms with Crippen LogP contribution in [0.1, 0.15) is 5.69 Å². The van der Waals surface area contributed by atoms with E-state index in [9.17, 15) is 18.0 Å². The number of benzene rings is 1. The zero-order valence-corrected chi connectivity index (χ0v) is 13.0. The van der Waals surface area contributed by atoms with Crippen molar-refractivity contribution in [1.82, 2.24) is 9.38 Å². The standard InChI is InChI=1S/C17H14F3N3O2/c18-17(19,20)11-25-14-6-2-1-5-13(14)21-10-12-9-16(24)23-8-4-3-7-15(23)22-12/h1-9,21H,10-11H2. The molecule has 0 aliphatic rings. The number of ether oxygens (including phenoxy) is 1. The maximum Gasteiger partial charge on any atom is 0.422 e. The van der Waals surface area contributed by atoms with Crippen molar-refractivity contribution in [3.8, 4) is 5.75 Å². The third-order valence-corrected chi connectivity index (χ3v) is 3.36. The van der Waals surface area contributed by atoms with Gasteiger partial charge in [0.2, 0.25) is 0 Å². The van der Waals surface area contributed by atoms with Crippen LogP contribution in [-0.2, 0) is 6.54 Å². The lowest BCUT2D eigenvalue weighted by atomic mass is 10.2. The number of halogens is 3. The minimum Gasteiger partial charge on any atom is -0.482 e. The van der Waals surface area contributed by atoms with Crippen LogP contribution in [0.2, 0.25) is 0 Å². The van der Waals surface area contributed by atoms with Gasteiger partial charge >= 0.3 is 6.18 Å². The van der Waals surface area contributed by atoms with Gasteiger partial charge in [0, 0.05) is 12.3 Å². The molecule has 2 heterocycles. The van der Waals surface area contributed by atoms with Crippen LogP contribution in [0.3, 0.4) is 0 Å². The van der Waals surface area contributed by atoms with Crippen molar-refractivity contribution in [1.29, 1.82) is 0 Å². The van der Waals surface area contributed by atoms with Crippen molar-refractivity contribution in [2.24, 2.45) is 0 Å². The Hall–Kier alpha value is -3.03. The number of rotatable bonds is 5. The number of fused-ring (bicyclic) bond motifs is 1. The fraction of sp³-hybridized carbons (Fsp3) is 0.176. The summed E-state index contributed by atoms with van der Waals surface area (Å²) < 4.78 is 43.2. The van der Waals surface area contributed by atoms with Crippen molar-refractivity contribution in [3.05, 3.63) is 70.8 Å². The van der Waals surface area contributed by atoms with Gasteiger partial charge in [0.25, 0.3) is 5.56 Å². The minimum atomic E-state index is -4.41. The Morgan fingerprint density at radius 3 is 2.68 bits per heavy atom. The second-order valence-electron chi connectivity index (χ2n) is 5.27. The van der Waals surface area contributed by atoms with E-state index in [2.05, 4.69) is 10.3 Å². The molecule has 1 N–H and O–H groups in total. The van der Waals surface area contributed by atoms with Crippen LogP contribution >= 0.6 is 0 Å². The summed E-state index contributed by atoms with van der Waals surface area (Å²) in [5.41, 5.74) is 1.13. The normalized spacial score (nSPS) is 11.5. The van der Waals surface area contributed by atoms with E-state index in [-0.39, 0.29) is 17.9 Å². The molecule has 130 valence electrons. The quantitative estimate of drug-likeness (QED) is 0.768. The molecule has 0 amide bonds. The minimum absolute atomic E-state index is 0.0809. The lowest BCUT2D eigenvalue weighted by Crippen LogP contribution is -2.20. The second-order valence-corrected chi connectivity index (χ2v) is 5.27. The maximum atomic E-state index is 12.3. The summed E-state index contributed by atoms with van der Waals surface area (Å²) in [5.74, 6) is 0.0809. The molecule has 0 fully saturated rings. The zero-order valence-electron chi connectivity index (χ0n) is 13.0. The van der Waals surface area contributed by atoms with Gasteiger partial charge in [0.05, 0.1) is 17.9 Å². The molecule has 2 aromatic heterocycles. The monoisotopic (exact) mass is 349 g/mol. The molecule has 0 unspecified atom stereocenters. The van der Waals surface area contributed by atoms with Crippen LogP contribution in [-0.4, -0.2) is 22.2 Å². The first-order valence-corrected chi connectivity index (χ1v) is 7.42. The lowest BCUT2D eigenvalue weighted by Gasteiger charge is -2.14. The smallest absolute Gasteiger partial charge is 0.422 e. The van der Waals surface area contributed by atoms with Crippen molar-refractivity contribution in [2.75, 3.05) is 11.9 Å². The highest BCUT2D eigenvalue weighted by Crippen LogP contribution is 2.26. The number of hydrogen-bond donors (Lipinski definition) is 1. The highest BCUT2D eigenvalue weighted by atomic mass is 19.4. The Labute approximate surface area is 140 Å². The first-order chi connectivity index (χ1) is 11.9. The van der Waals surface area contributed by atoms with Crippen molar-refractivity contribution >= 4 is 11.3 Å². The SMILES string of the molecule is O=c1cc(CNc2ccccc2OCC(F)(F)F)nc2ccccn12. The average molecular weight is 349 g/mol. The van der Waals surface area contributed by atoms with Gasteiger partial charge in [-0.05, 0) is 24.3 Å². The van der Waals surface area contributed by atoms with E-state index >= 15 is 0 Å². The van der Waals surface area contributed by atoms with Crippen LogP contribution in [0, 0.1) is 0 Å².